The van der Waals surface area contributed by atoms with Crippen LogP contribution in [0.5, 0.6) is 0 Å². The number of nitrogens with zero attached hydrogens (tertiary/aromatic N) is 7. The number of aromatic nitrogens is 4. The Bertz CT molecular complexity index is 2880. The smallest absolute Gasteiger partial charge is 0.264 e. The monoisotopic (exact) mass is 965 g/mol. The third kappa shape index (κ3) is 10.8. The van der Waals surface area contributed by atoms with E-state index in [1.54, 1.807) is 18.2 Å². The number of hydrogen-bond donors (Lipinski definition) is 4. The van der Waals surface area contributed by atoms with E-state index in [1.165, 1.54) is 5.56 Å². The van der Waals surface area contributed by atoms with Gasteiger partial charge in [-0.25, -0.2) is 0 Å². The van der Waals surface area contributed by atoms with Crippen molar-refractivity contribution < 1.29 is 28.7 Å². The minimum atomic E-state index is -1.01. The number of aryl methyl sites for hydroxylation is 3. The molecule has 1 unspecified atom stereocenters. The number of benzene rings is 3. The first-order valence-electron chi connectivity index (χ1n) is 24.8. The molecule has 1 atom stereocenters. The third-order valence-corrected chi connectivity index (χ3v) is 14.3. The molecule has 71 heavy (non-hydrogen) atoms. The topological polar surface area (TPSA) is 207 Å². The average molecular weight is 966 g/mol. The van der Waals surface area contributed by atoms with Gasteiger partial charge in [0, 0.05) is 126 Å². The zero-order chi connectivity index (χ0) is 49.8. The van der Waals surface area contributed by atoms with Crippen molar-refractivity contribution in [3.8, 4) is 11.1 Å². The standard InChI is InChI=1S/C53H63N11O7/c1-5-63(40-16-24-71-25-17-40)46-28-38(27-42(35(46)4)49(66)55-29-43-33(2)26-34(3)56-50(43)67)37-12-10-36(11-13-37)30-60-20-22-61(23-21-60)31-39-32-62(59-58-39)19-7-18-54-44-9-6-8-41-48(44)53(70)64(52(41)69)45-14-15-47(65)57-51(45)68/h6,8-13,26-28,32,40,45,54H,5,7,14-25,29-31H2,1-4H3,(H,55,66)(H,56,67)(H,57,65,68). The lowest BCUT2D eigenvalue weighted by Crippen LogP contribution is -2.54. The summed E-state index contributed by atoms with van der Waals surface area (Å²) >= 11 is 0. The van der Waals surface area contributed by atoms with Gasteiger partial charge in [0.25, 0.3) is 23.3 Å². The van der Waals surface area contributed by atoms with E-state index in [0.29, 0.717) is 62.1 Å². The van der Waals surface area contributed by atoms with Gasteiger partial charge in [-0.15, -0.1) is 5.10 Å². The van der Waals surface area contributed by atoms with Gasteiger partial charge in [0.1, 0.15) is 6.04 Å². The van der Waals surface area contributed by atoms with Crippen LogP contribution in [0.2, 0.25) is 0 Å². The number of ether oxygens (including phenoxy) is 1. The first kappa shape index (κ1) is 49.0. The fraction of sp³-hybridized carbons (Fsp3) is 0.434. The quantitative estimate of drug-likeness (QED) is 0.0737. The van der Waals surface area contributed by atoms with Crippen molar-refractivity contribution in [3.63, 3.8) is 0 Å². The molecule has 3 fully saturated rings. The van der Waals surface area contributed by atoms with E-state index in [1.807, 2.05) is 43.8 Å². The van der Waals surface area contributed by atoms with E-state index in [0.717, 1.165) is 96.3 Å². The molecule has 4 aliphatic heterocycles. The number of fused-ring (bicyclic) bond motifs is 1. The van der Waals surface area contributed by atoms with Crippen LogP contribution in [0, 0.1) is 20.8 Å². The molecule has 18 nitrogen and oxygen atoms in total. The third-order valence-electron chi connectivity index (χ3n) is 14.3. The molecule has 9 rings (SSSR count). The van der Waals surface area contributed by atoms with Crippen LogP contribution >= 0.6 is 0 Å². The number of piperidine rings is 1. The van der Waals surface area contributed by atoms with Crippen LogP contribution in [0.4, 0.5) is 11.4 Å². The predicted molar refractivity (Wildman–Crippen MR) is 268 cm³/mol. The maximum Gasteiger partial charge on any atom is 0.264 e. The molecular formula is C53H63N11O7. The zero-order valence-corrected chi connectivity index (χ0v) is 41.0. The van der Waals surface area contributed by atoms with Gasteiger partial charge in [-0.1, -0.05) is 35.5 Å². The van der Waals surface area contributed by atoms with Gasteiger partial charge in [-0.05, 0) is 112 Å². The summed E-state index contributed by atoms with van der Waals surface area (Å²) in [7, 11) is 0. The van der Waals surface area contributed by atoms with Gasteiger partial charge in [-0.3, -0.25) is 53.5 Å². The highest BCUT2D eigenvalue weighted by Crippen LogP contribution is 2.35. The number of carbonyl (C=O) groups excluding carboxylic acids is 5. The number of amides is 5. The first-order chi connectivity index (χ1) is 34.3. The van der Waals surface area contributed by atoms with Crippen molar-refractivity contribution in [1.29, 1.82) is 0 Å². The molecule has 18 heteroatoms. The van der Waals surface area contributed by atoms with Gasteiger partial charge < -0.3 is 25.3 Å². The lowest BCUT2D eigenvalue weighted by atomic mass is 9.94. The molecule has 2 aromatic heterocycles. The molecule has 3 saturated heterocycles. The van der Waals surface area contributed by atoms with E-state index in [4.69, 9.17) is 4.74 Å². The van der Waals surface area contributed by atoms with Crippen molar-refractivity contribution >= 4 is 40.9 Å². The van der Waals surface area contributed by atoms with Crippen LogP contribution in [0.15, 0.2) is 71.7 Å². The number of H-pyrrole nitrogens is 1. The Morgan fingerprint density at radius 3 is 2.34 bits per heavy atom. The molecule has 4 aliphatic rings. The van der Waals surface area contributed by atoms with Crippen LogP contribution in [0.1, 0.15) is 104 Å². The van der Waals surface area contributed by atoms with E-state index < -0.39 is 29.7 Å². The van der Waals surface area contributed by atoms with Crippen LogP contribution in [-0.2, 0) is 40.5 Å². The van der Waals surface area contributed by atoms with Gasteiger partial charge >= 0.3 is 0 Å². The summed E-state index contributed by atoms with van der Waals surface area (Å²) < 4.78 is 7.53. The molecule has 5 aromatic rings. The Morgan fingerprint density at radius 1 is 0.873 bits per heavy atom. The second-order valence-electron chi connectivity index (χ2n) is 19.1. The molecule has 0 bridgehead atoms. The first-order valence-corrected chi connectivity index (χ1v) is 24.8. The van der Waals surface area contributed by atoms with Crippen molar-refractivity contribution in [1.82, 2.24) is 45.3 Å². The SMILES string of the molecule is CCN(c1cc(-c2ccc(CN3CCN(Cc4cn(CCCNc5cccc6c5C(=O)N(C5CCC(=O)NC5=O)C6=O)nn4)CC3)cc2)cc(C(=O)NCc2c(C)cc(C)[nH]c2=O)c1C)C1CCOCC1. The highest BCUT2D eigenvalue weighted by Gasteiger charge is 2.45. The molecular weight excluding hydrogens is 903 g/mol. The summed E-state index contributed by atoms with van der Waals surface area (Å²) in [5, 5.41) is 17.4. The summed E-state index contributed by atoms with van der Waals surface area (Å²) in [4.78, 5) is 88.8. The van der Waals surface area contributed by atoms with Crippen LogP contribution in [0.3, 0.4) is 0 Å². The van der Waals surface area contributed by atoms with Gasteiger partial charge in [-0.2, -0.15) is 0 Å². The van der Waals surface area contributed by atoms with Crippen molar-refractivity contribution in [2.24, 2.45) is 0 Å². The maximum atomic E-state index is 14.0. The number of piperazine rings is 1. The molecule has 372 valence electrons. The fourth-order valence-electron chi connectivity index (χ4n) is 10.4. The molecule has 0 saturated carbocycles. The van der Waals surface area contributed by atoms with E-state index in [-0.39, 0.29) is 42.0 Å². The zero-order valence-electron chi connectivity index (χ0n) is 41.0. The lowest BCUT2D eigenvalue weighted by Gasteiger charge is -2.37. The van der Waals surface area contributed by atoms with Crippen LogP contribution < -0.4 is 26.4 Å². The summed E-state index contributed by atoms with van der Waals surface area (Å²) in [5.41, 5.74) is 9.65. The molecule has 4 N–H and O–H groups in total. The number of anilines is 2. The Morgan fingerprint density at radius 2 is 1.62 bits per heavy atom. The van der Waals surface area contributed by atoms with Gasteiger partial charge in [0.05, 0.1) is 16.8 Å². The Balaban J connectivity index is 0.772. The summed E-state index contributed by atoms with van der Waals surface area (Å²) in [6.45, 7) is 16.5. The molecule has 5 amide bonds. The minimum Gasteiger partial charge on any atom is -0.384 e. The minimum absolute atomic E-state index is 0.0663. The van der Waals surface area contributed by atoms with Gasteiger partial charge in [0.15, 0.2) is 0 Å². The summed E-state index contributed by atoms with van der Waals surface area (Å²) in [5.74, 6) is -2.33. The highest BCUT2D eigenvalue weighted by atomic mass is 16.5. The highest BCUT2D eigenvalue weighted by molar-refractivity contribution is 6.25. The second-order valence-corrected chi connectivity index (χ2v) is 19.1. The summed E-state index contributed by atoms with van der Waals surface area (Å²) in [6, 6.07) is 19.1. The van der Waals surface area contributed by atoms with E-state index in [2.05, 4.69) is 83.2 Å². The Labute approximate surface area is 413 Å². The van der Waals surface area contributed by atoms with Crippen LogP contribution in [0.25, 0.3) is 11.1 Å². The van der Waals surface area contributed by atoms with Crippen LogP contribution in [-0.4, -0.2) is 129 Å². The number of imide groups is 2. The Hall–Kier alpha value is -7.02. The van der Waals surface area contributed by atoms with E-state index >= 15 is 0 Å². The number of carbonyl (C=O) groups is 5. The lowest BCUT2D eigenvalue weighted by molar-refractivity contribution is -0.136. The number of nitrogens with one attached hydrogen (secondary N) is 4. The second kappa shape index (κ2) is 21.5. The van der Waals surface area contributed by atoms with Crippen molar-refractivity contribution in [2.75, 3.05) is 62.7 Å². The number of pyridine rings is 1. The van der Waals surface area contributed by atoms with E-state index in [9.17, 15) is 28.8 Å². The molecule has 0 spiro atoms. The van der Waals surface area contributed by atoms with Gasteiger partial charge in [0.2, 0.25) is 11.8 Å². The largest absolute Gasteiger partial charge is 0.384 e. The summed E-state index contributed by atoms with van der Waals surface area (Å²) in [6.07, 6.45) is 4.67. The number of hydrogen-bond acceptors (Lipinski definition) is 13. The molecule has 0 radical (unpaired) electrons. The normalized spacial score (nSPS) is 17.9. The number of rotatable bonds is 17. The maximum absolute atomic E-state index is 14.0. The molecule has 3 aromatic carbocycles. The Kier molecular flexibility index (Phi) is 14.9. The predicted octanol–water partition coefficient (Wildman–Crippen LogP) is 4.72. The average Bonchev–Trinajstić information content (AvgIpc) is 3.91. The van der Waals surface area contributed by atoms with Crippen molar-refractivity contribution in [2.45, 2.75) is 98.1 Å². The number of aromatic amines is 1. The molecule has 0 aliphatic carbocycles. The molecule has 6 heterocycles. The van der Waals surface area contributed by atoms with Crippen molar-refractivity contribution in [3.05, 3.63) is 128 Å². The fourth-order valence-corrected chi connectivity index (χ4v) is 10.4.